The van der Waals surface area contributed by atoms with Crippen molar-refractivity contribution in [3.63, 3.8) is 0 Å². The molecule has 0 atom stereocenters. The van der Waals surface area contributed by atoms with E-state index >= 15 is 0 Å². The van der Waals surface area contributed by atoms with Crippen LogP contribution in [-0.4, -0.2) is 11.8 Å². The van der Waals surface area contributed by atoms with Gasteiger partial charge in [0.05, 0.1) is 0 Å². The van der Waals surface area contributed by atoms with Crippen molar-refractivity contribution < 1.29 is 42.3 Å². The maximum Gasteiger partial charge on any atom is 0.223 e. The number of imide groups is 1. The molecule has 3 nitrogen and oxygen atoms in total. The zero-order valence-corrected chi connectivity index (χ0v) is 11.3. The van der Waals surface area contributed by atoms with Gasteiger partial charge in [0.1, 0.15) is 0 Å². The Morgan fingerprint density at radius 3 is 2.27 bits per heavy atom. The smallest absolute Gasteiger partial charge is 0.223 e. The first-order valence-electron chi connectivity index (χ1n) is 4.52. The van der Waals surface area contributed by atoms with E-state index < -0.39 is 0 Å². The average Bonchev–Trinajstić information content (AvgIpc) is 2.49. The van der Waals surface area contributed by atoms with E-state index in [4.69, 9.17) is 0 Å². The number of carbonyl (C=O) groups is 2. The van der Waals surface area contributed by atoms with Gasteiger partial charge in [-0.2, -0.15) is 23.8 Å². The Kier molecular flexibility index (Phi) is 4.17. The first-order chi connectivity index (χ1) is 6.68. The second-order valence-corrected chi connectivity index (χ2v) is 3.35. The number of amides is 2. The maximum absolute atomic E-state index is 11.4. The predicted octanol–water partition coefficient (Wildman–Crippen LogP) is 1.45. The number of hydrogen-bond donors (Lipinski definition) is 0. The molecule has 0 saturated carbocycles. The van der Waals surface area contributed by atoms with Gasteiger partial charge in [-0.3, -0.25) is 9.59 Å². The van der Waals surface area contributed by atoms with E-state index in [1.165, 1.54) is 4.90 Å². The molecule has 1 heterocycles. The van der Waals surface area contributed by atoms with Gasteiger partial charge in [-0.25, -0.2) is 0 Å². The molecular formula is C11H10NO2Y-. The quantitative estimate of drug-likeness (QED) is 0.575. The van der Waals surface area contributed by atoms with E-state index in [1.54, 1.807) is 12.1 Å². The Bertz CT molecular complexity index is 370. The normalized spacial score (nSPS) is 15.4. The molecule has 2 amide bonds. The van der Waals surface area contributed by atoms with Crippen LogP contribution < -0.4 is 4.90 Å². The van der Waals surface area contributed by atoms with E-state index in [9.17, 15) is 9.59 Å². The van der Waals surface area contributed by atoms with Crippen LogP contribution in [0, 0.1) is 13.0 Å². The largest absolute Gasteiger partial charge is 0.306 e. The Hall–Kier alpha value is -0.536. The molecule has 0 spiro atoms. The molecule has 0 aromatic heterocycles. The predicted molar refractivity (Wildman–Crippen MR) is 51.7 cm³/mol. The number of hydrogen-bond acceptors (Lipinski definition) is 2. The SMILES string of the molecule is Cc1[c-]cc(N2C(=O)CCC2=O)cc1.[Y]. The molecular weight excluding hydrogens is 267 g/mol. The third-order valence-corrected chi connectivity index (χ3v) is 2.26. The molecule has 0 N–H and O–H groups in total. The van der Waals surface area contributed by atoms with Crippen molar-refractivity contribution in [2.75, 3.05) is 4.90 Å². The van der Waals surface area contributed by atoms with Crippen molar-refractivity contribution in [2.45, 2.75) is 19.8 Å². The standard InChI is InChI=1S/C11H10NO2.Y/c1-8-2-4-9(5-3-8)12-10(13)6-7-11(12)14;/h2,4-5H,6-7H2,1H3;/q-1;. The van der Waals surface area contributed by atoms with Gasteiger partial charge in [-0.15, -0.1) is 6.07 Å². The molecule has 0 unspecified atom stereocenters. The fraction of sp³-hybridized carbons (Fsp3) is 0.273. The van der Waals surface area contributed by atoms with Crippen LogP contribution in [0.25, 0.3) is 0 Å². The van der Waals surface area contributed by atoms with Crippen molar-refractivity contribution in [3.8, 4) is 0 Å². The average molecular weight is 277 g/mol. The summed E-state index contributed by atoms with van der Waals surface area (Å²) in [6.45, 7) is 1.91. The van der Waals surface area contributed by atoms with E-state index in [0.29, 0.717) is 18.5 Å². The summed E-state index contributed by atoms with van der Waals surface area (Å²) in [5.74, 6) is -0.237. The second kappa shape index (κ2) is 4.99. The molecule has 1 aromatic rings. The molecule has 75 valence electrons. The van der Waals surface area contributed by atoms with Crippen LogP contribution in [0.1, 0.15) is 18.4 Å². The molecule has 4 heteroatoms. The zero-order valence-electron chi connectivity index (χ0n) is 8.49. The molecule has 1 aliphatic rings. The fourth-order valence-electron chi connectivity index (χ4n) is 1.50. The van der Waals surface area contributed by atoms with Gasteiger partial charge in [0.15, 0.2) is 0 Å². The summed E-state index contributed by atoms with van der Waals surface area (Å²) in [6, 6.07) is 8.26. The van der Waals surface area contributed by atoms with Crippen molar-refractivity contribution in [1.82, 2.24) is 0 Å². The van der Waals surface area contributed by atoms with Crippen LogP contribution >= 0.6 is 0 Å². The Morgan fingerprint density at radius 1 is 1.20 bits per heavy atom. The third kappa shape index (κ3) is 2.53. The Labute approximate surface area is 114 Å². The maximum atomic E-state index is 11.4. The number of rotatable bonds is 1. The summed E-state index contributed by atoms with van der Waals surface area (Å²) < 4.78 is 0. The molecule has 1 aromatic carbocycles. The fourth-order valence-corrected chi connectivity index (χ4v) is 1.50. The van der Waals surface area contributed by atoms with Crippen LogP contribution in [0.4, 0.5) is 5.69 Å². The zero-order chi connectivity index (χ0) is 10.1. The van der Waals surface area contributed by atoms with Gasteiger partial charge in [0.2, 0.25) is 11.8 Å². The molecule has 1 saturated heterocycles. The first kappa shape index (κ1) is 12.5. The van der Waals surface area contributed by atoms with Gasteiger partial charge < -0.3 is 4.90 Å². The van der Waals surface area contributed by atoms with Gasteiger partial charge in [-0.1, -0.05) is 12.6 Å². The van der Waals surface area contributed by atoms with Crippen molar-refractivity contribution in [1.29, 1.82) is 0 Å². The van der Waals surface area contributed by atoms with Crippen LogP contribution in [0.2, 0.25) is 0 Å². The summed E-state index contributed by atoms with van der Waals surface area (Å²) in [7, 11) is 0. The summed E-state index contributed by atoms with van der Waals surface area (Å²) in [4.78, 5) is 24.0. The minimum absolute atomic E-state index is 0. The Morgan fingerprint density at radius 2 is 1.80 bits per heavy atom. The van der Waals surface area contributed by atoms with Crippen LogP contribution in [0.3, 0.4) is 0 Å². The molecule has 2 rings (SSSR count). The van der Waals surface area contributed by atoms with E-state index in [2.05, 4.69) is 6.07 Å². The van der Waals surface area contributed by atoms with Gasteiger partial charge in [0.25, 0.3) is 0 Å². The number of benzene rings is 1. The van der Waals surface area contributed by atoms with Crippen LogP contribution in [0.5, 0.6) is 0 Å². The van der Waals surface area contributed by atoms with Gasteiger partial charge >= 0.3 is 0 Å². The molecule has 1 fully saturated rings. The molecule has 1 radical (unpaired) electrons. The number of anilines is 1. The van der Waals surface area contributed by atoms with Crippen molar-refractivity contribution in [2.24, 2.45) is 0 Å². The molecule has 0 bridgehead atoms. The second-order valence-electron chi connectivity index (χ2n) is 3.35. The molecule has 0 aliphatic carbocycles. The van der Waals surface area contributed by atoms with Crippen molar-refractivity contribution in [3.05, 3.63) is 29.8 Å². The molecule has 1 aliphatic heterocycles. The topological polar surface area (TPSA) is 37.4 Å². The number of carbonyl (C=O) groups excluding carboxylic acids is 2. The molecule has 15 heavy (non-hydrogen) atoms. The van der Waals surface area contributed by atoms with Crippen LogP contribution in [0.15, 0.2) is 18.2 Å². The summed E-state index contributed by atoms with van der Waals surface area (Å²) >= 11 is 0. The summed E-state index contributed by atoms with van der Waals surface area (Å²) in [5, 5.41) is 0. The third-order valence-electron chi connectivity index (χ3n) is 2.26. The minimum atomic E-state index is -0.118. The Balaban J connectivity index is 0.00000112. The van der Waals surface area contributed by atoms with E-state index in [0.717, 1.165) is 5.56 Å². The van der Waals surface area contributed by atoms with Gasteiger partial charge in [-0.05, 0) is 0 Å². The van der Waals surface area contributed by atoms with E-state index in [-0.39, 0.29) is 44.5 Å². The van der Waals surface area contributed by atoms with Crippen LogP contribution in [-0.2, 0) is 42.3 Å². The minimum Gasteiger partial charge on any atom is -0.306 e. The summed E-state index contributed by atoms with van der Waals surface area (Å²) in [5.41, 5.74) is 1.62. The number of nitrogens with zero attached hydrogens (tertiary/aromatic N) is 1. The summed E-state index contributed by atoms with van der Waals surface area (Å²) in [6.07, 6.45) is 0.652. The monoisotopic (exact) mass is 277 g/mol. The van der Waals surface area contributed by atoms with E-state index in [1.807, 2.05) is 13.0 Å². The first-order valence-corrected chi connectivity index (χ1v) is 4.52. The van der Waals surface area contributed by atoms with Crippen molar-refractivity contribution >= 4 is 17.5 Å². The van der Waals surface area contributed by atoms with Gasteiger partial charge in [0, 0.05) is 45.6 Å². The number of aryl methyl sites for hydroxylation is 1.